The van der Waals surface area contributed by atoms with Crippen molar-refractivity contribution in [3.63, 3.8) is 0 Å². The first-order valence-electron chi connectivity index (χ1n) is 4.57. The van der Waals surface area contributed by atoms with Gasteiger partial charge in [-0.05, 0) is 0 Å². The molecule has 1 N–H and O–H groups in total. The molecule has 0 amide bonds. The number of likely N-dealkylation sites (N-methyl/N-ethyl adjacent to an activating group) is 1. The lowest BCUT2D eigenvalue weighted by Gasteiger charge is -2.14. The van der Waals surface area contributed by atoms with Gasteiger partial charge in [0.1, 0.15) is 0 Å². The molecular formula is C8H18FN3S. The van der Waals surface area contributed by atoms with Gasteiger partial charge in [-0.2, -0.15) is 3.89 Å². The minimum atomic E-state index is 0.350. The zero-order valence-electron chi connectivity index (χ0n) is 8.51. The number of hydrogen-bond acceptors (Lipinski definition) is 4. The van der Waals surface area contributed by atoms with E-state index in [9.17, 15) is 3.89 Å². The van der Waals surface area contributed by atoms with Gasteiger partial charge in [-0.3, -0.25) is 4.99 Å². The lowest BCUT2D eigenvalue weighted by Crippen LogP contribution is -2.36. The van der Waals surface area contributed by atoms with E-state index >= 15 is 0 Å². The van der Waals surface area contributed by atoms with E-state index in [4.69, 9.17) is 0 Å². The predicted molar refractivity (Wildman–Crippen MR) is 57.8 cm³/mol. The topological polar surface area (TPSA) is 27.6 Å². The fourth-order valence-electron chi connectivity index (χ4n) is 0.925. The highest BCUT2D eigenvalue weighted by Crippen LogP contribution is 1.98. The molecule has 0 saturated carbocycles. The summed E-state index contributed by atoms with van der Waals surface area (Å²) in [5.41, 5.74) is 0. The molecule has 0 atom stereocenters. The molecule has 0 radical (unpaired) electrons. The van der Waals surface area contributed by atoms with Crippen LogP contribution in [0.2, 0.25) is 0 Å². The number of aliphatic imine (C=N–C) groups is 1. The fourth-order valence-corrected chi connectivity index (χ4v) is 1.10. The van der Waals surface area contributed by atoms with E-state index in [1.165, 1.54) is 0 Å². The number of nitrogens with one attached hydrogen (secondary N) is 1. The van der Waals surface area contributed by atoms with Gasteiger partial charge in [-0.25, -0.2) is 0 Å². The molecule has 1 aliphatic rings. The van der Waals surface area contributed by atoms with E-state index in [-0.39, 0.29) is 0 Å². The minimum Gasteiger partial charge on any atom is -0.355 e. The molecule has 0 spiro atoms. The summed E-state index contributed by atoms with van der Waals surface area (Å²) in [6.07, 6.45) is 0. The molecule has 0 fully saturated rings. The van der Waals surface area contributed by atoms with E-state index < -0.39 is 0 Å². The Labute approximate surface area is 84.1 Å². The van der Waals surface area contributed by atoms with Crippen molar-refractivity contribution in [2.45, 2.75) is 13.8 Å². The lowest BCUT2D eigenvalue weighted by atomic mass is 10.6. The molecule has 0 bridgehead atoms. The van der Waals surface area contributed by atoms with Gasteiger partial charge < -0.3 is 10.2 Å². The third kappa shape index (κ3) is 4.98. The lowest BCUT2D eigenvalue weighted by molar-refractivity contribution is 0.536. The summed E-state index contributed by atoms with van der Waals surface area (Å²) in [4.78, 5) is 6.22. The van der Waals surface area contributed by atoms with Crippen molar-refractivity contribution in [1.82, 2.24) is 10.2 Å². The molecule has 0 aliphatic carbocycles. The zero-order chi connectivity index (χ0) is 10.1. The van der Waals surface area contributed by atoms with Gasteiger partial charge in [-0.1, -0.05) is 13.8 Å². The van der Waals surface area contributed by atoms with Gasteiger partial charge in [0.2, 0.25) is 0 Å². The molecular weight excluding hydrogens is 189 g/mol. The quantitative estimate of drug-likeness (QED) is 0.711. The summed E-state index contributed by atoms with van der Waals surface area (Å²) < 4.78 is 11.6. The molecule has 0 aromatic heterocycles. The second-order valence-corrected chi connectivity index (χ2v) is 2.99. The zero-order valence-corrected chi connectivity index (χ0v) is 9.33. The van der Waals surface area contributed by atoms with Crippen LogP contribution in [-0.2, 0) is 0 Å². The first-order chi connectivity index (χ1) is 6.34. The third-order valence-corrected chi connectivity index (χ3v) is 1.88. The Morgan fingerprint density at radius 1 is 1.62 bits per heavy atom. The summed E-state index contributed by atoms with van der Waals surface area (Å²) in [6.45, 7) is 6.46. The van der Waals surface area contributed by atoms with Crippen LogP contribution in [0, 0.1) is 0 Å². The molecule has 1 rings (SSSR count). The van der Waals surface area contributed by atoms with Crippen molar-refractivity contribution in [3.05, 3.63) is 0 Å². The molecule has 1 heterocycles. The van der Waals surface area contributed by atoms with E-state index in [1.807, 2.05) is 25.8 Å². The van der Waals surface area contributed by atoms with Crippen LogP contribution >= 0.6 is 12.1 Å². The smallest absolute Gasteiger partial charge is 0.193 e. The maximum absolute atomic E-state index is 11.6. The van der Waals surface area contributed by atoms with Crippen molar-refractivity contribution in [2.75, 3.05) is 32.4 Å². The van der Waals surface area contributed by atoms with Crippen molar-refractivity contribution in [2.24, 2.45) is 4.99 Å². The molecule has 3 nitrogen and oxygen atoms in total. The van der Waals surface area contributed by atoms with Crippen LogP contribution in [0.5, 0.6) is 0 Å². The maximum Gasteiger partial charge on any atom is 0.193 e. The Kier molecular flexibility index (Phi) is 7.88. The SMILES string of the molecule is CC.CN1CCN=C1NCCSF. The van der Waals surface area contributed by atoms with E-state index in [1.54, 1.807) is 0 Å². The molecule has 13 heavy (non-hydrogen) atoms. The van der Waals surface area contributed by atoms with Crippen molar-refractivity contribution in [3.8, 4) is 0 Å². The number of rotatable bonds is 3. The average Bonchev–Trinajstić information content (AvgIpc) is 2.56. The fraction of sp³-hybridized carbons (Fsp3) is 0.875. The second-order valence-electron chi connectivity index (χ2n) is 2.37. The number of nitrogens with zero attached hydrogens (tertiary/aromatic N) is 2. The Morgan fingerprint density at radius 3 is 2.77 bits per heavy atom. The van der Waals surface area contributed by atoms with Gasteiger partial charge >= 0.3 is 0 Å². The summed E-state index contributed by atoms with van der Waals surface area (Å²) in [7, 11) is 1.97. The normalized spacial score (nSPS) is 14.8. The Morgan fingerprint density at radius 2 is 2.31 bits per heavy atom. The standard InChI is InChI=1S/C6H12FN3S.C2H6/c1-10-4-2-8-6(10)9-3-5-11-7;1-2/h2-5H2,1H3,(H,8,9);1-2H3. The van der Waals surface area contributed by atoms with Gasteiger partial charge in [0.25, 0.3) is 0 Å². The summed E-state index contributed by atoms with van der Waals surface area (Å²) in [5, 5.41) is 3.05. The highest BCUT2D eigenvalue weighted by Gasteiger charge is 2.10. The third-order valence-electron chi connectivity index (χ3n) is 1.52. The highest BCUT2D eigenvalue weighted by atomic mass is 32.2. The minimum absolute atomic E-state index is 0.350. The summed E-state index contributed by atoms with van der Waals surface area (Å²) in [5.74, 6) is 1.37. The van der Waals surface area contributed by atoms with E-state index in [0.29, 0.717) is 24.4 Å². The van der Waals surface area contributed by atoms with Crippen LogP contribution in [0.25, 0.3) is 0 Å². The number of halogens is 1. The maximum atomic E-state index is 11.6. The predicted octanol–water partition coefficient (Wildman–Crippen LogP) is 1.52. The molecule has 0 unspecified atom stereocenters. The Hall–Kier alpha value is -0.450. The largest absolute Gasteiger partial charge is 0.355 e. The monoisotopic (exact) mass is 207 g/mol. The average molecular weight is 207 g/mol. The van der Waals surface area contributed by atoms with Gasteiger partial charge in [-0.15, -0.1) is 0 Å². The second kappa shape index (κ2) is 8.16. The molecule has 0 aromatic rings. The Bertz CT molecular complexity index is 152. The first-order valence-corrected chi connectivity index (χ1v) is 5.46. The van der Waals surface area contributed by atoms with Crippen LogP contribution in [0.4, 0.5) is 3.89 Å². The van der Waals surface area contributed by atoms with E-state index in [0.717, 1.165) is 19.0 Å². The van der Waals surface area contributed by atoms with Crippen molar-refractivity contribution < 1.29 is 3.89 Å². The summed E-state index contributed by atoms with van der Waals surface area (Å²) >= 11 is 0.350. The van der Waals surface area contributed by atoms with Crippen LogP contribution in [0.15, 0.2) is 4.99 Å². The first kappa shape index (κ1) is 12.6. The molecule has 1 aliphatic heterocycles. The van der Waals surface area contributed by atoms with Crippen molar-refractivity contribution in [1.29, 1.82) is 0 Å². The Balaban J connectivity index is 0.000000671. The van der Waals surface area contributed by atoms with Gasteiger partial charge in [0.05, 0.1) is 6.54 Å². The molecule has 5 heteroatoms. The van der Waals surface area contributed by atoms with Crippen molar-refractivity contribution >= 4 is 18.1 Å². The van der Waals surface area contributed by atoms with Gasteiger partial charge in [0.15, 0.2) is 5.96 Å². The summed E-state index contributed by atoms with van der Waals surface area (Å²) in [6, 6.07) is 0. The van der Waals surface area contributed by atoms with Crippen LogP contribution in [-0.4, -0.2) is 43.3 Å². The van der Waals surface area contributed by atoms with E-state index in [2.05, 4.69) is 10.3 Å². The van der Waals surface area contributed by atoms with Gasteiger partial charge in [0, 0.05) is 38.0 Å². The highest BCUT2D eigenvalue weighted by molar-refractivity contribution is 7.94. The van der Waals surface area contributed by atoms with Crippen LogP contribution in [0.3, 0.4) is 0 Å². The van der Waals surface area contributed by atoms with Crippen LogP contribution in [0.1, 0.15) is 13.8 Å². The number of hydrogen-bond donors (Lipinski definition) is 1. The molecule has 0 aromatic carbocycles. The number of guanidine groups is 1. The molecule has 78 valence electrons. The molecule has 0 saturated heterocycles. The van der Waals surface area contributed by atoms with Crippen LogP contribution < -0.4 is 5.32 Å².